The zero-order valence-corrected chi connectivity index (χ0v) is 22.0. The van der Waals surface area contributed by atoms with Crippen LogP contribution in [0.15, 0.2) is 58.4 Å². The molecule has 172 valence electrons. The van der Waals surface area contributed by atoms with E-state index in [1.165, 1.54) is 17.4 Å². The normalized spacial score (nSPS) is 11.8. The molecule has 0 spiro atoms. The second-order valence-corrected chi connectivity index (χ2v) is 9.32. The number of sulfone groups is 1. The molecule has 31 heavy (non-hydrogen) atoms. The summed E-state index contributed by atoms with van der Waals surface area (Å²) in [6, 6.07) is 15.7. The minimum absolute atomic E-state index is 0. The van der Waals surface area contributed by atoms with E-state index in [-0.39, 0.29) is 24.0 Å². The van der Waals surface area contributed by atoms with Crippen LogP contribution < -0.4 is 10.6 Å². The number of hydrogen-bond acceptors (Lipinski definition) is 4. The molecule has 2 N–H and O–H groups in total. The van der Waals surface area contributed by atoms with Gasteiger partial charge in [-0.05, 0) is 48.3 Å². The molecule has 0 heterocycles. The van der Waals surface area contributed by atoms with E-state index < -0.39 is 9.84 Å². The molecule has 0 fully saturated rings. The van der Waals surface area contributed by atoms with Gasteiger partial charge in [-0.1, -0.05) is 50.2 Å². The summed E-state index contributed by atoms with van der Waals surface area (Å²) in [5.41, 5.74) is 3.62. The van der Waals surface area contributed by atoms with Crippen LogP contribution >= 0.6 is 24.0 Å². The summed E-state index contributed by atoms with van der Waals surface area (Å²) >= 11 is 0. The quantitative estimate of drug-likeness (QED) is 0.266. The van der Waals surface area contributed by atoms with Crippen molar-refractivity contribution in [1.29, 1.82) is 0 Å². The van der Waals surface area contributed by atoms with Gasteiger partial charge in [-0.25, -0.2) is 8.42 Å². The SMILES string of the molecule is CCN(CC)Cc1cccc(CNC(=NC)NCCc2ccc(S(C)(=O)=O)cc2)c1.I. The molecule has 0 radical (unpaired) electrons. The van der Waals surface area contributed by atoms with E-state index in [0.29, 0.717) is 18.0 Å². The average molecular weight is 559 g/mol. The highest BCUT2D eigenvalue weighted by Crippen LogP contribution is 2.11. The first-order chi connectivity index (χ1) is 14.4. The first-order valence-corrected chi connectivity index (χ1v) is 12.3. The second kappa shape index (κ2) is 13.7. The Morgan fingerprint density at radius 2 is 1.61 bits per heavy atom. The third kappa shape index (κ3) is 9.57. The lowest BCUT2D eigenvalue weighted by molar-refractivity contribution is 0.296. The zero-order valence-electron chi connectivity index (χ0n) is 18.9. The Balaban J connectivity index is 0.00000480. The Morgan fingerprint density at radius 1 is 0.968 bits per heavy atom. The molecular formula is C23H35IN4O2S. The summed E-state index contributed by atoms with van der Waals surface area (Å²) in [6.07, 6.45) is 2.00. The lowest BCUT2D eigenvalue weighted by Crippen LogP contribution is -2.37. The highest BCUT2D eigenvalue weighted by Gasteiger charge is 2.06. The van der Waals surface area contributed by atoms with Crippen molar-refractivity contribution in [2.24, 2.45) is 4.99 Å². The number of halogens is 1. The van der Waals surface area contributed by atoms with Gasteiger partial charge in [-0.3, -0.25) is 9.89 Å². The maximum Gasteiger partial charge on any atom is 0.191 e. The second-order valence-electron chi connectivity index (χ2n) is 7.30. The summed E-state index contributed by atoms with van der Waals surface area (Å²) in [5, 5.41) is 6.67. The summed E-state index contributed by atoms with van der Waals surface area (Å²) in [4.78, 5) is 7.03. The summed E-state index contributed by atoms with van der Waals surface area (Å²) < 4.78 is 23.1. The Morgan fingerprint density at radius 3 is 2.19 bits per heavy atom. The number of benzene rings is 2. The minimum atomic E-state index is -3.15. The first kappa shape index (κ1) is 27.4. The molecule has 0 bridgehead atoms. The third-order valence-electron chi connectivity index (χ3n) is 5.03. The van der Waals surface area contributed by atoms with Crippen molar-refractivity contribution in [3.8, 4) is 0 Å². The van der Waals surface area contributed by atoms with Crippen molar-refractivity contribution in [3.05, 3.63) is 65.2 Å². The predicted octanol–water partition coefficient (Wildman–Crippen LogP) is 3.46. The maximum absolute atomic E-state index is 11.5. The van der Waals surface area contributed by atoms with Gasteiger partial charge in [-0.15, -0.1) is 24.0 Å². The number of nitrogens with one attached hydrogen (secondary N) is 2. The van der Waals surface area contributed by atoms with Gasteiger partial charge in [0.05, 0.1) is 4.90 Å². The van der Waals surface area contributed by atoms with Crippen LogP contribution in [0, 0.1) is 0 Å². The Hall–Kier alpha value is -1.65. The number of nitrogens with zero attached hydrogens (tertiary/aromatic N) is 2. The highest BCUT2D eigenvalue weighted by molar-refractivity contribution is 14.0. The van der Waals surface area contributed by atoms with Crippen molar-refractivity contribution < 1.29 is 8.42 Å². The smallest absolute Gasteiger partial charge is 0.191 e. The van der Waals surface area contributed by atoms with E-state index >= 15 is 0 Å². The molecule has 8 heteroatoms. The van der Waals surface area contributed by atoms with Gasteiger partial charge in [0.25, 0.3) is 0 Å². The van der Waals surface area contributed by atoms with Crippen molar-refractivity contribution >= 4 is 39.8 Å². The van der Waals surface area contributed by atoms with Gasteiger partial charge in [0.2, 0.25) is 0 Å². The van der Waals surface area contributed by atoms with Crippen molar-refractivity contribution in [1.82, 2.24) is 15.5 Å². The number of aliphatic imine (C=N–C) groups is 1. The van der Waals surface area contributed by atoms with Crippen LogP contribution in [0.4, 0.5) is 0 Å². The molecule has 0 unspecified atom stereocenters. The molecule has 0 saturated carbocycles. The Labute approximate surface area is 204 Å². The van der Waals surface area contributed by atoms with E-state index in [0.717, 1.165) is 37.6 Å². The zero-order chi connectivity index (χ0) is 22.0. The third-order valence-corrected chi connectivity index (χ3v) is 6.16. The van der Waals surface area contributed by atoms with Gasteiger partial charge in [0.1, 0.15) is 0 Å². The average Bonchev–Trinajstić information content (AvgIpc) is 2.74. The summed E-state index contributed by atoms with van der Waals surface area (Å²) in [5.74, 6) is 0.747. The van der Waals surface area contributed by atoms with Gasteiger partial charge < -0.3 is 10.6 Å². The van der Waals surface area contributed by atoms with Crippen molar-refractivity contribution in [3.63, 3.8) is 0 Å². The molecular weight excluding hydrogens is 523 g/mol. The van der Waals surface area contributed by atoms with Crippen molar-refractivity contribution in [2.45, 2.75) is 38.3 Å². The topological polar surface area (TPSA) is 73.8 Å². The highest BCUT2D eigenvalue weighted by atomic mass is 127. The van der Waals surface area contributed by atoms with Crippen LogP contribution in [0.3, 0.4) is 0 Å². The Kier molecular flexibility index (Phi) is 12.1. The molecule has 0 aliphatic heterocycles. The molecule has 0 atom stereocenters. The Bertz CT molecular complexity index is 927. The molecule has 0 amide bonds. The fraction of sp³-hybridized carbons (Fsp3) is 0.435. The molecule has 0 aromatic heterocycles. The van der Waals surface area contributed by atoms with Gasteiger partial charge >= 0.3 is 0 Å². The lowest BCUT2D eigenvalue weighted by atomic mass is 10.1. The van der Waals surface area contributed by atoms with Gasteiger partial charge in [-0.2, -0.15) is 0 Å². The minimum Gasteiger partial charge on any atom is -0.356 e. The van der Waals surface area contributed by atoms with E-state index in [9.17, 15) is 8.42 Å². The van der Waals surface area contributed by atoms with E-state index in [1.807, 2.05) is 12.1 Å². The van der Waals surface area contributed by atoms with Crippen molar-refractivity contribution in [2.75, 3.05) is 32.9 Å². The molecule has 0 aliphatic rings. The summed E-state index contributed by atoms with van der Waals surface area (Å²) in [6.45, 7) is 8.84. The van der Waals surface area contributed by atoms with E-state index in [4.69, 9.17) is 0 Å². The standard InChI is InChI=1S/C23H34N4O2S.HI/c1-5-27(6-2)18-21-9-7-8-20(16-21)17-26-23(24-3)25-15-14-19-10-12-22(13-11-19)30(4,28)29;/h7-13,16H,5-6,14-15,17-18H2,1-4H3,(H2,24,25,26);1H. The predicted molar refractivity (Wildman–Crippen MR) is 140 cm³/mol. The first-order valence-electron chi connectivity index (χ1n) is 10.4. The molecule has 0 saturated heterocycles. The van der Waals surface area contributed by atoms with Crippen LogP contribution in [0.2, 0.25) is 0 Å². The van der Waals surface area contributed by atoms with Gasteiger partial charge in [0, 0.05) is 32.9 Å². The molecule has 0 aliphatic carbocycles. The maximum atomic E-state index is 11.5. The van der Waals surface area contributed by atoms with Crippen LogP contribution in [0.5, 0.6) is 0 Å². The number of guanidine groups is 1. The molecule has 2 aromatic rings. The molecule has 2 rings (SSSR count). The lowest BCUT2D eigenvalue weighted by Gasteiger charge is -2.18. The monoisotopic (exact) mass is 558 g/mol. The van der Waals surface area contributed by atoms with E-state index in [1.54, 1.807) is 19.2 Å². The molecule has 6 nitrogen and oxygen atoms in total. The fourth-order valence-corrected chi connectivity index (χ4v) is 3.81. The van der Waals surface area contributed by atoms with E-state index in [2.05, 4.69) is 58.6 Å². The number of rotatable bonds is 10. The van der Waals surface area contributed by atoms with Gasteiger partial charge in [0.15, 0.2) is 15.8 Å². The van der Waals surface area contributed by atoms with Crippen LogP contribution in [0.25, 0.3) is 0 Å². The number of hydrogen-bond donors (Lipinski definition) is 2. The largest absolute Gasteiger partial charge is 0.356 e. The van der Waals surface area contributed by atoms with Crippen LogP contribution in [0.1, 0.15) is 30.5 Å². The molecule has 2 aromatic carbocycles. The fourth-order valence-electron chi connectivity index (χ4n) is 3.18. The van der Waals surface area contributed by atoms with Crippen LogP contribution in [-0.2, 0) is 29.3 Å². The summed E-state index contributed by atoms with van der Waals surface area (Å²) in [7, 11) is -1.39. The van der Waals surface area contributed by atoms with Crippen LogP contribution in [-0.4, -0.2) is 52.2 Å².